The van der Waals surface area contributed by atoms with E-state index in [1.807, 2.05) is 347 Å². The van der Waals surface area contributed by atoms with Gasteiger partial charge in [-0.25, -0.2) is 19.9 Å². The topological polar surface area (TPSA) is 220 Å². The first-order valence-corrected chi connectivity index (χ1v) is 36.4. The Labute approximate surface area is 616 Å². The van der Waals surface area contributed by atoms with Crippen LogP contribution in [0.5, 0.6) is 0 Å². The highest BCUT2D eigenvalue weighted by Gasteiger charge is 2.13. The number of rotatable bonds is 6. The van der Waals surface area contributed by atoms with Crippen LogP contribution in [0.2, 0.25) is 0 Å². The van der Waals surface area contributed by atoms with Gasteiger partial charge in [0.25, 0.3) is 0 Å². The number of aromatic nitrogens is 25. The van der Waals surface area contributed by atoms with Crippen molar-refractivity contribution in [3.8, 4) is 34.3 Å². The van der Waals surface area contributed by atoms with Crippen LogP contribution in [0.25, 0.3) is 34.3 Å². The number of aryl methyl sites for hydroxylation is 12. The lowest BCUT2D eigenvalue weighted by Gasteiger charge is -2.03. The molecule has 0 amide bonds. The van der Waals surface area contributed by atoms with Gasteiger partial charge in [0.05, 0.1) is 35.2 Å². The predicted octanol–water partition coefficient (Wildman–Crippen LogP) is 14.1. The first-order valence-electron chi connectivity index (χ1n) is 36.4. The van der Waals surface area contributed by atoms with Gasteiger partial charge in [-0.3, -0.25) is 15.0 Å². The number of hydrogen-bond donors (Lipinski definition) is 0. The number of nitrogens with zero attached hydrogens (tertiary/aromatic N) is 25. The third-order valence-electron chi connectivity index (χ3n) is 11.8. The van der Waals surface area contributed by atoms with Gasteiger partial charge in [-0.15, -0.1) is 28.1 Å². The fraction of sp³-hybridized carbons (Fsp3) is 0.468. The molecular formula is C77H137N25+6. The first-order chi connectivity index (χ1) is 49.7. The average molecular weight is 1410 g/mol. The van der Waals surface area contributed by atoms with Gasteiger partial charge < -0.3 is 0 Å². The van der Waals surface area contributed by atoms with Crippen molar-refractivity contribution < 1.29 is 28.1 Å². The molecule has 0 unspecified atom stereocenters. The van der Waals surface area contributed by atoms with Crippen molar-refractivity contribution in [1.82, 2.24) is 92.9 Å². The number of pyridine rings is 3. The van der Waals surface area contributed by atoms with Crippen LogP contribution in [0.4, 0.5) is 0 Å². The Kier molecular flexibility index (Phi) is 68.3. The predicted molar refractivity (Wildman–Crippen MR) is 418 cm³/mol. The van der Waals surface area contributed by atoms with Crippen molar-refractivity contribution in [3.63, 3.8) is 0 Å². The highest BCUT2D eigenvalue weighted by atomic mass is 15.5. The zero-order chi connectivity index (χ0) is 79.6. The minimum atomic E-state index is 0.856. The van der Waals surface area contributed by atoms with Crippen LogP contribution >= 0.6 is 0 Å². The minimum absolute atomic E-state index is 0.856. The van der Waals surface area contributed by atoms with E-state index in [0.717, 1.165) is 51.1 Å². The van der Waals surface area contributed by atoms with Crippen LogP contribution in [0.3, 0.4) is 0 Å². The molecule has 0 bridgehead atoms. The van der Waals surface area contributed by atoms with E-state index in [9.17, 15) is 0 Å². The van der Waals surface area contributed by atoms with Crippen molar-refractivity contribution >= 4 is 0 Å². The molecule has 1 aromatic carbocycles. The molecule has 0 N–H and O–H groups in total. The summed E-state index contributed by atoms with van der Waals surface area (Å²) >= 11 is 0. The molecule has 0 fully saturated rings. The second-order valence-electron chi connectivity index (χ2n) is 17.5. The third kappa shape index (κ3) is 36.1. The summed E-state index contributed by atoms with van der Waals surface area (Å²) in [6, 6.07) is 16.1. The van der Waals surface area contributed by atoms with Crippen LogP contribution in [0, 0.1) is 41.5 Å². The van der Waals surface area contributed by atoms with Crippen LogP contribution in [-0.2, 0) is 42.3 Å². The Hall–Kier alpha value is -10.3. The van der Waals surface area contributed by atoms with Crippen LogP contribution in [0.1, 0.15) is 200 Å². The molecule has 25 nitrogen and oxygen atoms in total. The van der Waals surface area contributed by atoms with Crippen molar-refractivity contribution in [2.45, 2.75) is 208 Å². The van der Waals surface area contributed by atoms with Gasteiger partial charge >= 0.3 is 38.0 Å². The Morgan fingerprint density at radius 2 is 0.539 bits per heavy atom. The second-order valence-corrected chi connectivity index (χ2v) is 17.5. The standard InChI is InChI=1S/C10H12N3.3C9H11N4.2C8H10N5.12C2H6/c1-9-5-3-4-6-10(9)13-8-11-7-12(13)2;1-8-5-10-4-3-9(8)13-7-11-6-12(13)2;1-8-3-4-10-5-9(8)13-7-11-6-12(13)2;1-8-9(4-3-5-11-8)13-7-10-6-12(13)2;1-7-8(3-9-4-11-7)13-6-10-5-12(13)2;1-7-3-9-4-11-8(7)13-6-10-5-12(13)2;12*1-2/h3-8H,1-2H3;3*3-7H,1-2H3;2*3-6H,1-2H3;12*1-2H3/q6*+1;;;;;;;;;;;;. The molecule has 0 aliphatic rings. The zero-order valence-corrected chi connectivity index (χ0v) is 69.9. The summed E-state index contributed by atoms with van der Waals surface area (Å²) in [5, 5.41) is 0. The van der Waals surface area contributed by atoms with E-state index in [-0.39, 0.29) is 0 Å². The Bertz CT molecular complexity index is 3160. The van der Waals surface area contributed by atoms with Crippen LogP contribution < -0.4 is 28.1 Å². The molecule has 564 valence electrons. The lowest BCUT2D eigenvalue weighted by Crippen LogP contribution is -2.37. The lowest BCUT2D eigenvalue weighted by molar-refractivity contribution is -0.745. The van der Waals surface area contributed by atoms with Gasteiger partial charge in [0.2, 0.25) is 38.0 Å². The van der Waals surface area contributed by atoms with E-state index in [2.05, 4.69) is 90.8 Å². The van der Waals surface area contributed by atoms with Gasteiger partial charge in [-0.1, -0.05) is 184 Å². The zero-order valence-electron chi connectivity index (χ0n) is 69.9. The average Bonchev–Trinajstić information content (AvgIpc) is 1.73. The quantitative estimate of drug-likeness (QED) is 0.142. The second kappa shape index (κ2) is 67.8. The van der Waals surface area contributed by atoms with Crippen molar-refractivity contribution in [2.24, 2.45) is 42.3 Å². The van der Waals surface area contributed by atoms with Gasteiger partial charge in [0.15, 0.2) is 5.82 Å². The molecule has 0 radical (unpaired) electrons. The van der Waals surface area contributed by atoms with Crippen molar-refractivity contribution in [1.29, 1.82) is 0 Å². The Morgan fingerprint density at radius 1 is 0.235 bits per heavy atom. The first kappa shape index (κ1) is 103. The molecule has 0 aliphatic heterocycles. The van der Waals surface area contributed by atoms with Gasteiger partial charge in [0.1, 0.15) is 72.0 Å². The van der Waals surface area contributed by atoms with Gasteiger partial charge in [-0.05, 0) is 118 Å². The van der Waals surface area contributed by atoms with E-state index < -0.39 is 0 Å². The SMILES string of the molecule is CC.CC.CC.CC.CC.CC.CC.CC.CC.CC.CC.CC.Cc1ccccc1-n1cnc[n+]1C.Cc1ccncc1-n1cnc[n+]1C.Cc1cnccc1-n1cnc[n+]1C.Cc1cncnc1-n1cnc[n+]1C.Cc1ncccc1-n1cnc[n+]1C.Cc1ncncc1-n1cnc[n+]1C. The summed E-state index contributed by atoms with van der Waals surface area (Å²) < 4.78 is 23.0. The fourth-order valence-electron chi connectivity index (χ4n) is 7.52. The summed E-state index contributed by atoms with van der Waals surface area (Å²) in [5.41, 5.74) is 11.9. The highest BCUT2D eigenvalue weighted by Crippen LogP contribution is 2.12. The number of benzene rings is 1. The molecule has 102 heavy (non-hydrogen) atoms. The van der Waals surface area contributed by atoms with E-state index in [4.69, 9.17) is 0 Å². The lowest BCUT2D eigenvalue weighted by atomic mass is 10.2. The molecule has 11 heterocycles. The van der Waals surface area contributed by atoms with Crippen molar-refractivity contribution in [3.05, 3.63) is 214 Å². The van der Waals surface area contributed by atoms with E-state index in [1.165, 1.54) is 29.5 Å². The molecular weight excluding hydrogens is 1280 g/mol. The molecule has 0 spiro atoms. The van der Waals surface area contributed by atoms with E-state index in [0.29, 0.717) is 0 Å². The minimum Gasteiger partial charge on any atom is -0.264 e. The summed E-state index contributed by atoms with van der Waals surface area (Å²) in [4.78, 5) is 52.7. The van der Waals surface area contributed by atoms with E-state index in [1.54, 1.807) is 101 Å². The molecule has 0 aliphatic carbocycles. The maximum absolute atomic E-state index is 4.21. The van der Waals surface area contributed by atoms with E-state index >= 15 is 0 Å². The summed E-state index contributed by atoms with van der Waals surface area (Å²) in [6.07, 6.45) is 36.7. The Morgan fingerprint density at radius 3 is 0.912 bits per heavy atom. The molecule has 11 aromatic heterocycles. The summed E-state index contributed by atoms with van der Waals surface area (Å²) in [7, 11) is 11.6. The summed E-state index contributed by atoms with van der Waals surface area (Å²) in [5.74, 6) is 0.856. The maximum Gasteiger partial charge on any atom is 0.306 e. The third-order valence-corrected chi connectivity index (χ3v) is 11.8. The molecule has 0 saturated carbocycles. The normalized spacial score (nSPS) is 8.59. The highest BCUT2D eigenvalue weighted by molar-refractivity contribution is 5.38. The smallest absolute Gasteiger partial charge is 0.264 e. The van der Waals surface area contributed by atoms with Gasteiger partial charge in [-0.2, -0.15) is 28.1 Å². The Balaban J connectivity index is -0.000000255. The summed E-state index contributed by atoms with van der Waals surface area (Å²) in [6.45, 7) is 60.1. The largest absolute Gasteiger partial charge is 0.306 e. The van der Waals surface area contributed by atoms with Crippen molar-refractivity contribution in [2.75, 3.05) is 0 Å². The van der Waals surface area contributed by atoms with Crippen LogP contribution in [0.15, 0.2) is 180 Å². The molecule has 25 heteroatoms. The van der Waals surface area contributed by atoms with Gasteiger partial charge in [0, 0.05) is 36.5 Å². The molecule has 0 saturated heterocycles. The fourth-order valence-corrected chi connectivity index (χ4v) is 7.52. The van der Waals surface area contributed by atoms with Crippen LogP contribution in [-0.4, -0.2) is 92.9 Å². The number of hydrogen-bond acceptors (Lipinski definition) is 13. The molecule has 12 rings (SSSR count). The number of para-hydroxylation sites is 1. The maximum atomic E-state index is 4.21. The molecule has 0 atom stereocenters. The molecule has 12 aromatic rings. The monoisotopic (exact) mass is 1410 g/mol.